The van der Waals surface area contributed by atoms with Crippen LogP contribution in [0.2, 0.25) is 0 Å². The molecule has 4 heteroatoms. The van der Waals surface area contributed by atoms with E-state index in [1.165, 1.54) is 12.1 Å². The number of benzene rings is 1. The van der Waals surface area contributed by atoms with Gasteiger partial charge in [-0.3, -0.25) is 4.98 Å². The lowest BCUT2D eigenvalue weighted by Gasteiger charge is -2.07. The Bertz CT molecular complexity index is 674. The van der Waals surface area contributed by atoms with Crippen LogP contribution in [0.3, 0.4) is 0 Å². The normalized spacial score (nSPS) is 9.86. The Labute approximate surface area is 123 Å². The molecular formula is C17H16FNO2. The van der Waals surface area contributed by atoms with E-state index >= 15 is 0 Å². The summed E-state index contributed by atoms with van der Waals surface area (Å²) in [6, 6.07) is 6.30. The summed E-state index contributed by atoms with van der Waals surface area (Å²) in [5.41, 5.74) is 2.50. The Morgan fingerprint density at radius 3 is 2.86 bits per heavy atom. The third kappa shape index (κ3) is 4.90. The summed E-state index contributed by atoms with van der Waals surface area (Å²) in [4.78, 5) is 4.08. The molecule has 21 heavy (non-hydrogen) atoms. The molecule has 1 heterocycles. The Morgan fingerprint density at radius 2 is 2.10 bits per heavy atom. The summed E-state index contributed by atoms with van der Waals surface area (Å²) >= 11 is 0. The number of aliphatic hydroxyl groups is 1. The minimum absolute atomic E-state index is 0.00791. The molecule has 3 nitrogen and oxygen atoms in total. The monoisotopic (exact) mass is 285 g/mol. The van der Waals surface area contributed by atoms with Crippen LogP contribution in [-0.2, 0) is 6.61 Å². The van der Waals surface area contributed by atoms with Gasteiger partial charge in [-0.05, 0) is 30.7 Å². The largest absolute Gasteiger partial charge is 0.489 e. The van der Waals surface area contributed by atoms with Gasteiger partial charge in [0, 0.05) is 36.0 Å². The van der Waals surface area contributed by atoms with Gasteiger partial charge >= 0.3 is 0 Å². The van der Waals surface area contributed by atoms with Gasteiger partial charge in [-0.15, -0.1) is 0 Å². The average Bonchev–Trinajstić information content (AvgIpc) is 2.45. The fourth-order valence-corrected chi connectivity index (χ4v) is 1.80. The van der Waals surface area contributed by atoms with E-state index < -0.39 is 5.82 Å². The third-order valence-electron chi connectivity index (χ3n) is 2.68. The number of aliphatic hydroxyl groups excluding tert-OH is 1. The van der Waals surface area contributed by atoms with Crippen LogP contribution >= 0.6 is 0 Å². The van der Waals surface area contributed by atoms with Crippen molar-refractivity contribution >= 4 is 0 Å². The van der Waals surface area contributed by atoms with E-state index in [9.17, 15) is 4.39 Å². The van der Waals surface area contributed by atoms with Crippen LogP contribution in [-0.4, -0.2) is 16.7 Å². The van der Waals surface area contributed by atoms with Crippen LogP contribution < -0.4 is 4.74 Å². The predicted molar refractivity (Wildman–Crippen MR) is 78.3 cm³/mol. The molecule has 0 amide bonds. The summed E-state index contributed by atoms with van der Waals surface area (Å²) in [6.07, 6.45) is 3.84. The molecule has 0 fully saturated rings. The highest BCUT2D eigenvalue weighted by atomic mass is 19.1. The number of aromatic nitrogens is 1. The van der Waals surface area contributed by atoms with Gasteiger partial charge in [0.25, 0.3) is 0 Å². The van der Waals surface area contributed by atoms with Crippen molar-refractivity contribution in [2.24, 2.45) is 0 Å². The maximum atomic E-state index is 13.5. The molecule has 0 saturated heterocycles. The maximum Gasteiger partial charge on any atom is 0.128 e. The van der Waals surface area contributed by atoms with Gasteiger partial charge in [-0.2, -0.15) is 0 Å². The Morgan fingerprint density at radius 1 is 1.24 bits per heavy atom. The topological polar surface area (TPSA) is 42.4 Å². The number of nitrogens with zero attached hydrogens (tertiary/aromatic N) is 1. The van der Waals surface area contributed by atoms with E-state index in [1.807, 2.05) is 13.0 Å². The van der Waals surface area contributed by atoms with Crippen molar-refractivity contribution in [3.05, 3.63) is 59.2 Å². The number of ether oxygens (including phenoxy) is 1. The molecule has 0 radical (unpaired) electrons. The SMILES string of the molecule is Cc1cncc(COc2cc(F)cc(C#CCCO)c2)c1. The van der Waals surface area contributed by atoms with Crippen molar-refractivity contribution in [3.8, 4) is 17.6 Å². The second kappa shape index (κ2) is 7.41. The second-order valence-electron chi connectivity index (χ2n) is 4.61. The smallest absolute Gasteiger partial charge is 0.128 e. The Kier molecular flexibility index (Phi) is 5.30. The summed E-state index contributed by atoms with van der Waals surface area (Å²) in [6.45, 7) is 2.27. The van der Waals surface area contributed by atoms with Gasteiger partial charge < -0.3 is 9.84 Å². The van der Waals surface area contributed by atoms with E-state index in [2.05, 4.69) is 16.8 Å². The molecule has 1 aromatic heterocycles. The number of rotatable bonds is 4. The molecule has 0 aliphatic rings. The van der Waals surface area contributed by atoms with Crippen molar-refractivity contribution in [3.63, 3.8) is 0 Å². The van der Waals surface area contributed by atoms with E-state index in [0.717, 1.165) is 11.1 Å². The van der Waals surface area contributed by atoms with E-state index in [0.29, 0.717) is 24.3 Å². The molecule has 0 atom stereocenters. The molecule has 2 aromatic rings. The van der Waals surface area contributed by atoms with Crippen LogP contribution in [0.5, 0.6) is 5.75 Å². The first kappa shape index (κ1) is 15.0. The van der Waals surface area contributed by atoms with Crippen LogP contribution in [0, 0.1) is 24.6 Å². The van der Waals surface area contributed by atoms with Crippen molar-refractivity contribution in [2.75, 3.05) is 6.61 Å². The average molecular weight is 285 g/mol. The summed E-state index contributed by atoms with van der Waals surface area (Å²) in [7, 11) is 0. The fourth-order valence-electron chi connectivity index (χ4n) is 1.80. The van der Waals surface area contributed by atoms with E-state index in [4.69, 9.17) is 9.84 Å². The van der Waals surface area contributed by atoms with Gasteiger partial charge in [-0.25, -0.2) is 4.39 Å². The first-order valence-corrected chi connectivity index (χ1v) is 6.61. The van der Waals surface area contributed by atoms with Crippen LogP contribution in [0.25, 0.3) is 0 Å². The van der Waals surface area contributed by atoms with E-state index in [1.54, 1.807) is 18.5 Å². The predicted octanol–water partition coefficient (Wildman–Crippen LogP) is 2.84. The minimum Gasteiger partial charge on any atom is -0.489 e. The Hall–Kier alpha value is -2.38. The molecule has 0 aliphatic heterocycles. The molecule has 2 rings (SSSR count). The zero-order valence-corrected chi connectivity index (χ0v) is 11.8. The molecular weight excluding hydrogens is 269 g/mol. The number of aryl methyl sites for hydroxylation is 1. The zero-order chi connectivity index (χ0) is 15.1. The highest BCUT2D eigenvalue weighted by Crippen LogP contribution is 2.17. The quantitative estimate of drug-likeness (QED) is 0.878. The minimum atomic E-state index is -0.400. The van der Waals surface area contributed by atoms with Gasteiger partial charge in [0.05, 0.1) is 6.61 Å². The molecule has 0 saturated carbocycles. The van der Waals surface area contributed by atoms with Gasteiger partial charge in [-0.1, -0.05) is 11.8 Å². The van der Waals surface area contributed by atoms with Gasteiger partial charge in [0.1, 0.15) is 18.2 Å². The standard InChI is InChI=1S/C17H16FNO2/c1-13-6-15(11-19-10-13)12-21-17-8-14(4-2-3-5-20)7-16(18)9-17/h6-11,20H,3,5,12H2,1H3. The summed E-state index contributed by atoms with van der Waals surface area (Å²) < 4.78 is 19.1. The number of hydrogen-bond donors (Lipinski definition) is 1. The van der Waals surface area contributed by atoms with Crippen molar-refractivity contribution < 1.29 is 14.2 Å². The van der Waals surface area contributed by atoms with Crippen molar-refractivity contribution in [1.29, 1.82) is 0 Å². The van der Waals surface area contributed by atoms with Gasteiger partial charge in [0.15, 0.2) is 0 Å². The van der Waals surface area contributed by atoms with Crippen LogP contribution in [0.15, 0.2) is 36.7 Å². The zero-order valence-electron chi connectivity index (χ0n) is 11.8. The molecule has 1 N–H and O–H groups in total. The maximum absolute atomic E-state index is 13.5. The lowest BCUT2D eigenvalue weighted by Crippen LogP contribution is -1.97. The molecule has 1 aromatic carbocycles. The number of pyridine rings is 1. The van der Waals surface area contributed by atoms with Crippen molar-refractivity contribution in [2.45, 2.75) is 20.0 Å². The number of halogens is 1. The summed E-state index contributed by atoms with van der Waals surface area (Å²) in [5.74, 6) is 5.57. The molecule has 0 unspecified atom stereocenters. The first-order chi connectivity index (χ1) is 10.2. The fraction of sp³-hybridized carbons (Fsp3) is 0.235. The molecule has 108 valence electrons. The number of hydrogen-bond acceptors (Lipinski definition) is 3. The summed E-state index contributed by atoms with van der Waals surface area (Å²) in [5, 5.41) is 8.68. The lowest BCUT2D eigenvalue weighted by molar-refractivity contribution is 0.304. The molecule has 0 bridgehead atoms. The third-order valence-corrected chi connectivity index (χ3v) is 2.68. The Balaban J connectivity index is 2.08. The second-order valence-corrected chi connectivity index (χ2v) is 4.61. The molecule has 0 spiro atoms. The van der Waals surface area contributed by atoms with Crippen LogP contribution in [0.1, 0.15) is 23.1 Å². The van der Waals surface area contributed by atoms with Crippen molar-refractivity contribution in [1.82, 2.24) is 4.98 Å². The highest BCUT2D eigenvalue weighted by Gasteiger charge is 2.02. The lowest BCUT2D eigenvalue weighted by atomic mass is 10.2. The van der Waals surface area contributed by atoms with Crippen LogP contribution in [0.4, 0.5) is 4.39 Å². The first-order valence-electron chi connectivity index (χ1n) is 6.61. The highest BCUT2D eigenvalue weighted by molar-refractivity contribution is 5.40. The molecule has 0 aliphatic carbocycles. The van der Waals surface area contributed by atoms with E-state index in [-0.39, 0.29) is 6.61 Å². The van der Waals surface area contributed by atoms with Gasteiger partial charge in [0.2, 0.25) is 0 Å².